The van der Waals surface area contributed by atoms with Crippen molar-refractivity contribution >= 4 is 32.5 Å². The first-order chi connectivity index (χ1) is 10.8. The predicted octanol–water partition coefficient (Wildman–Crippen LogP) is 3.07. The number of hydrogen-bond acceptors (Lipinski definition) is 4. The molecule has 2 aromatic carbocycles. The average molecular weight is 352 g/mol. The van der Waals surface area contributed by atoms with Crippen molar-refractivity contribution in [3.63, 3.8) is 0 Å². The van der Waals surface area contributed by atoms with Gasteiger partial charge in [0.15, 0.2) is 15.4 Å². The van der Waals surface area contributed by atoms with Crippen LogP contribution in [0.2, 0.25) is 5.02 Å². The molecule has 120 valence electrons. The molecule has 0 fully saturated rings. The monoisotopic (exact) mass is 351 g/mol. The second-order valence-electron chi connectivity index (χ2n) is 5.40. The molecule has 0 atom stereocenters. The molecule has 5 nitrogen and oxygen atoms in total. The Morgan fingerprint density at radius 3 is 2.65 bits per heavy atom. The van der Waals surface area contributed by atoms with Gasteiger partial charge in [-0.15, -0.1) is 0 Å². The highest BCUT2D eigenvalue weighted by Gasteiger charge is 2.21. The van der Waals surface area contributed by atoms with Gasteiger partial charge in [0, 0.05) is 12.1 Å². The zero-order valence-electron chi connectivity index (χ0n) is 12.5. The quantitative estimate of drug-likeness (QED) is 0.727. The van der Waals surface area contributed by atoms with Gasteiger partial charge in [0.05, 0.1) is 16.2 Å². The molecular weight excluding hydrogens is 338 g/mol. The molecule has 0 aliphatic carbocycles. The molecular formula is C16H14ClNO4S. The Bertz CT molecular complexity index is 1060. The Kier molecular flexibility index (Phi) is 3.82. The van der Waals surface area contributed by atoms with Crippen LogP contribution in [0.15, 0.2) is 50.5 Å². The third kappa shape index (κ3) is 2.92. The number of halogens is 1. The van der Waals surface area contributed by atoms with E-state index in [4.69, 9.17) is 16.0 Å². The van der Waals surface area contributed by atoms with Crippen molar-refractivity contribution in [3.05, 3.63) is 63.1 Å². The van der Waals surface area contributed by atoms with Crippen LogP contribution in [0.25, 0.3) is 11.1 Å². The van der Waals surface area contributed by atoms with Crippen LogP contribution >= 0.6 is 11.6 Å². The summed E-state index contributed by atoms with van der Waals surface area (Å²) in [5.41, 5.74) is 1.97. The van der Waals surface area contributed by atoms with Crippen LogP contribution in [0.4, 0.5) is 0 Å². The van der Waals surface area contributed by atoms with Crippen LogP contribution in [0.5, 0.6) is 0 Å². The van der Waals surface area contributed by atoms with Gasteiger partial charge in [-0.2, -0.15) is 0 Å². The number of sulfone groups is 1. The van der Waals surface area contributed by atoms with E-state index in [1.165, 1.54) is 17.7 Å². The number of aromatic nitrogens is 1. The van der Waals surface area contributed by atoms with E-state index >= 15 is 0 Å². The molecule has 7 heteroatoms. The third-order valence-electron chi connectivity index (χ3n) is 3.67. The fourth-order valence-corrected chi connectivity index (χ4v) is 4.34. The van der Waals surface area contributed by atoms with Gasteiger partial charge < -0.3 is 4.42 Å². The standard InChI is InChI=1S/C16H14ClNO4S/c1-10-6-14-13(18(2)16(19)22-14)8-15(10)23(20,21)9-11-4-3-5-12(17)7-11/h3-8H,9H2,1-2H3. The molecule has 3 aromatic rings. The van der Waals surface area contributed by atoms with E-state index in [0.717, 1.165) is 0 Å². The summed E-state index contributed by atoms with van der Waals surface area (Å²) in [4.78, 5) is 11.8. The summed E-state index contributed by atoms with van der Waals surface area (Å²) in [6.45, 7) is 1.68. The van der Waals surface area contributed by atoms with Crippen LogP contribution in [0.3, 0.4) is 0 Å². The summed E-state index contributed by atoms with van der Waals surface area (Å²) in [5.74, 6) is -0.685. The lowest BCUT2D eigenvalue weighted by atomic mass is 10.2. The molecule has 0 aliphatic heterocycles. The summed E-state index contributed by atoms with van der Waals surface area (Å²) in [6.07, 6.45) is 0. The largest absolute Gasteiger partial charge is 0.419 e. The number of nitrogens with zero attached hydrogens (tertiary/aromatic N) is 1. The summed E-state index contributed by atoms with van der Waals surface area (Å²) in [5, 5.41) is 0.488. The molecule has 0 bridgehead atoms. The number of hydrogen-bond donors (Lipinski definition) is 0. The maximum absolute atomic E-state index is 12.7. The molecule has 0 saturated heterocycles. The number of rotatable bonds is 3. The Balaban J connectivity index is 2.12. The molecule has 0 aliphatic rings. The lowest BCUT2D eigenvalue weighted by Gasteiger charge is -2.08. The Labute approximate surface area is 138 Å². The van der Waals surface area contributed by atoms with E-state index in [-0.39, 0.29) is 10.6 Å². The van der Waals surface area contributed by atoms with E-state index in [9.17, 15) is 13.2 Å². The van der Waals surface area contributed by atoms with E-state index in [1.54, 1.807) is 37.3 Å². The lowest BCUT2D eigenvalue weighted by molar-refractivity contribution is 0.528. The molecule has 23 heavy (non-hydrogen) atoms. The summed E-state index contributed by atoms with van der Waals surface area (Å²) in [7, 11) is -2.04. The van der Waals surface area contributed by atoms with Crippen LogP contribution in [-0.2, 0) is 22.6 Å². The zero-order valence-corrected chi connectivity index (χ0v) is 14.1. The van der Waals surface area contributed by atoms with E-state index in [1.807, 2.05) is 0 Å². The molecule has 3 rings (SSSR count). The topological polar surface area (TPSA) is 69.3 Å². The van der Waals surface area contributed by atoms with Crippen molar-refractivity contribution in [2.24, 2.45) is 7.05 Å². The van der Waals surface area contributed by atoms with E-state index in [0.29, 0.717) is 27.2 Å². The minimum Gasteiger partial charge on any atom is -0.408 e. The summed E-state index contributed by atoms with van der Waals surface area (Å²) >= 11 is 5.91. The number of fused-ring (bicyclic) bond motifs is 1. The second-order valence-corrected chi connectivity index (χ2v) is 7.80. The van der Waals surface area contributed by atoms with Gasteiger partial charge in [0.25, 0.3) is 0 Å². The highest BCUT2D eigenvalue weighted by Crippen LogP contribution is 2.26. The number of oxazole rings is 1. The van der Waals surface area contributed by atoms with Gasteiger partial charge >= 0.3 is 5.76 Å². The van der Waals surface area contributed by atoms with E-state index < -0.39 is 15.6 Å². The molecule has 0 spiro atoms. The predicted molar refractivity (Wildman–Crippen MR) is 88.5 cm³/mol. The van der Waals surface area contributed by atoms with Gasteiger partial charge in [0.2, 0.25) is 0 Å². The van der Waals surface area contributed by atoms with Gasteiger partial charge in [0.1, 0.15) is 0 Å². The Morgan fingerprint density at radius 1 is 1.22 bits per heavy atom. The number of benzene rings is 2. The lowest BCUT2D eigenvalue weighted by Crippen LogP contribution is -2.10. The summed E-state index contributed by atoms with van der Waals surface area (Å²) < 4.78 is 31.8. The van der Waals surface area contributed by atoms with Crippen LogP contribution in [-0.4, -0.2) is 13.0 Å². The molecule has 1 heterocycles. The van der Waals surface area contributed by atoms with Gasteiger partial charge in [-0.05, 0) is 42.3 Å². The first-order valence-electron chi connectivity index (χ1n) is 6.85. The highest BCUT2D eigenvalue weighted by atomic mass is 35.5. The Morgan fingerprint density at radius 2 is 1.96 bits per heavy atom. The smallest absolute Gasteiger partial charge is 0.408 e. The fourth-order valence-electron chi connectivity index (χ4n) is 2.51. The first kappa shape index (κ1) is 15.8. The van der Waals surface area contributed by atoms with Crippen molar-refractivity contribution in [3.8, 4) is 0 Å². The van der Waals surface area contributed by atoms with Crippen molar-refractivity contribution < 1.29 is 12.8 Å². The molecule has 0 amide bonds. The molecule has 0 saturated carbocycles. The van der Waals surface area contributed by atoms with Crippen molar-refractivity contribution in [1.82, 2.24) is 4.57 Å². The van der Waals surface area contributed by atoms with E-state index in [2.05, 4.69) is 0 Å². The minimum atomic E-state index is -3.58. The van der Waals surface area contributed by atoms with Crippen molar-refractivity contribution in [2.75, 3.05) is 0 Å². The van der Waals surface area contributed by atoms with Crippen molar-refractivity contribution in [2.45, 2.75) is 17.6 Å². The molecule has 0 radical (unpaired) electrons. The normalized spacial score (nSPS) is 12.0. The van der Waals surface area contributed by atoms with Crippen LogP contribution in [0, 0.1) is 6.92 Å². The first-order valence-corrected chi connectivity index (χ1v) is 8.88. The minimum absolute atomic E-state index is 0.161. The third-order valence-corrected chi connectivity index (χ3v) is 5.73. The molecule has 1 aromatic heterocycles. The molecule has 0 N–H and O–H groups in total. The Hall–Kier alpha value is -2.05. The van der Waals surface area contributed by atoms with Crippen LogP contribution in [0.1, 0.15) is 11.1 Å². The number of aryl methyl sites for hydroxylation is 2. The average Bonchev–Trinajstić information content (AvgIpc) is 2.72. The van der Waals surface area contributed by atoms with Crippen LogP contribution < -0.4 is 5.76 Å². The maximum Gasteiger partial charge on any atom is 0.419 e. The van der Waals surface area contributed by atoms with Gasteiger partial charge in [-0.3, -0.25) is 4.57 Å². The SMILES string of the molecule is Cc1cc2oc(=O)n(C)c2cc1S(=O)(=O)Cc1cccc(Cl)c1. The fraction of sp³-hybridized carbons (Fsp3) is 0.188. The maximum atomic E-state index is 12.7. The summed E-state index contributed by atoms with van der Waals surface area (Å²) in [6, 6.07) is 9.79. The van der Waals surface area contributed by atoms with Gasteiger partial charge in [-0.1, -0.05) is 23.7 Å². The van der Waals surface area contributed by atoms with Gasteiger partial charge in [-0.25, -0.2) is 13.2 Å². The zero-order chi connectivity index (χ0) is 16.8. The highest BCUT2D eigenvalue weighted by molar-refractivity contribution is 7.90. The second kappa shape index (κ2) is 5.54. The molecule has 0 unspecified atom stereocenters. The van der Waals surface area contributed by atoms with Crippen molar-refractivity contribution in [1.29, 1.82) is 0 Å².